The average Bonchev–Trinajstić information content (AvgIpc) is 2.50. The first-order valence-corrected chi connectivity index (χ1v) is 6.77. The van der Waals surface area contributed by atoms with Gasteiger partial charge in [-0.3, -0.25) is 0 Å². The Morgan fingerprint density at radius 2 is 1.48 bits per heavy atom. The van der Waals surface area contributed by atoms with E-state index < -0.39 is 31.0 Å². The highest BCUT2D eigenvalue weighted by molar-refractivity contribution is 5.25. The lowest BCUT2D eigenvalue weighted by molar-refractivity contribution is -0.113. The molecule has 1 aromatic rings. The number of hydrogen-bond acceptors (Lipinski definition) is 7. The number of aliphatic hydroxyl groups is 5. The summed E-state index contributed by atoms with van der Waals surface area (Å²) in [6.45, 7) is -0.124. The Balaban J connectivity index is 2.26. The molecule has 0 unspecified atom stereocenters. The molecule has 0 bridgehead atoms. The van der Waals surface area contributed by atoms with E-state index in [0.29, 0.717) is 13.0 Å². The third-order valence-electron chi connectivity index (χ3n) is 3.21. The zero-order valence-electron chi connectivity index (χ0n) is 11.6. The third kappa shape index (κ3) is 5.96. The summed E-state index contributed by atoms with van der Waals surface area (Å²) in [5.74, 6) is 0.196. The lowest BCUT2D eigenvalue weighted by Gasteiger charge is -2.25. The summed E-state index contributed by atoms with van der Waals surface area (Å²) in [6.07, 6.45) is -5.24. The van der Waals surface area contributed by atoms with Crippen LogP contribution in [0.1, 0.15) is 5.56 Å². The van der Waals surface area contributed by atoms with Gasteiger partial charge in [-0.25, -0.2) is 0 Å². The Bertz CT molecular complexity index is 399. The molecule has 1 rings (SSSR count). The van der Waals surface area contributed by atoms with Crippen molar-refractivity contribution in [2.24, 2.45) is 0 Å². The quantitative estimate of drug-likeness (QED) is 0.261. The summed E-state index contributed by atoms with van der Waals surface area (Å²) < 4.78 is 0. The van der Waals surface area contributed by atoms with Gasteiger partial charge in [-0.1, -0.05) is 12.1 Å². The van der Waals surface area contributed by atoms with Crippen molar-refractivity contribution in [1.82, 2.24) is 5.32 Å². The van der Waals surface area contributed by atoms with Crippen molar-refractivity contribution < 1.29 is 30.6 Å². The zero-order valence-corrected chi connectivity index (χ0v) is 11.6. The second kappa shape index (κ2) is 8.93. The first-order chi connectivity index (χ1) is 9.95. The molecule has 0 fully saturated rings. The number of rotatable bonds is 9. The second-order valence-electron chi connectivity index (χ2n) is 4.92. The first-order valence-electron chi connectivity index (χ1n) is 6.77. The van der Waals surface area contributed by atoms with Gasteiger partial charge >= 0.3 is 0 Å². The van der Waals surface area contributed by atoms with E-state index in [9.17, 15) is 20.4 Å². The number of hydrogen-bond donors (Lipinski definition) is 7. The van der Waals surface area contributed by atoms with Gasteiger partial charge in [0.1, 0.15) is 24.1 Å². The van der Waals surface area contributed by atoms with Gasteiger partial charge in [-0.05, 0) is 30.7 Å². The first kappa shape index (κ1) is 17.8. The highest BCUT2D eigenvalue weighted by atomic mass is 16.4. The molecule has 0 amide bonds. The Hall–Kier alpha value is -1.22. The smallest absolute Gasteiger partial charge is 0.115 e. The molecule has 0 radical (unpaired) electrons. The number of phenols is 1. The molecule has 120 valence electrons. The van der Waals surface area contributed by atoms with Crippen molar-refractivity contribution in [1.29, 1.82) is 0 Å². The van der Waals surface area contributed by atoms with Crippen molar-refractivity contribution in [2.45, 2.75) is 30.8 Å². The minimum atomic E-state index is -1.61. The van der Waals surface area contributed by atoms with Crippen LogP contribution in [0.15, 0.2) is 24.3 Å². The van der Waals surface area contributed by atoms with E-state index in [2.05, 4.69) is 5.32 Å². The van der Waals surface area contributed by atoms with E-state index in [4.69, 9.17) is 10.2 Å². The van der Waals surface area contributed by atoms with Crippen LogP contribution >= 0.6 is 0 Å². The zero-order chi connectivity index (χ0) is 15.8. The Labute approximate surface area is 123 Å². The SMILES string of the molecule is OC[C@@H](O)[C@@H](O)[C@H](O)[C@@H](O)CNCCc1ccc(O)cc1. The predicted molar refractivity (Wildman–Crippen MR) is 75.8 cm³/mol. The molecule has 0 aliphatic carbocycles. The van der Waals surface area contributed by atoms with Gasteiger partial charge in [0.25, 0.3) is 0 Å². The Kier molecular flexibility index (Phi) is 7.58. The maximum absolute atomic E-state index is 9.67. The van der Waals surface area contributed by atoms with Crippen LogP contribution in [-0.4, -0.2) is 74.8 Å². The van der Waals surface area contributed by atoms with Crippen LogP contribution in [-0.2, 0) is 6.42 Å². The Morgan fingerprint density at radius 3 is 2.05 bits per heavy atom. The average molecular weight is 301 g/mol. The molecule has 0 saturated carbocycles. The van der Waals surface area contributed by atoms with E-state index in [0.717, 1.165) is 5.56 Å². The molecule has 1 aromatic carbocycles. The van der Waals surface area contributed by atoms with Crippen LogP contribution in [0.2, 0.25) is 0 Å². The molecule has 0 saturated heterocycles. The van der Waals surface area contributed by atoms with Gasteiger partial charge in [-0.2, -0.15) is 0 Å². The van der Waals surface area contributed by atoms with Gasteiger partial charge in [0, 0.05) is 6.54 Å². The molecule has 4 atom stereocenters. The van der Waals surface area contributed by atoms with Crippen molar-refractivity contribution >= 4 is 0 Å². The maximum Gasteiger partial charge on any atom is 0.115 e. The fourth-order valence-electron chi connectivity index (χ4n) is 1.83. The second-order valence-corrected chi connectivity index (χ2v) is 4.92. The van der Waals surface area contributed by atoms with Crippen LogP contribution in [0.4, 0.5) is 0 Å². The summed E-state index contributed by atoms with van der Waals surface area (Å²) in [5.41, 5.74) is 1.01. The molecule has 0 heterocycles. The lowest BCUT2D eigenvalue weighted by Crippen LogP contribution is -2.49. The fraction of sp³-hybridized carbons (Fsp3) is 0.571. The number of aromatic hydroxyl groups is 1. The lowest BCUT2D eigenvalue weighted by atomic mass is 10.0. The van der Waals surface area contributed by atoms with Crippen LogP contribution in [0.3, 0.4) is 0 Å². The highest BCUT2D eigenvalue weighted by Crippen LogP contribution is 2.09. The minimum absolute atomic E-state index is 0.0362. The number of nitrogens with one attached hydrogen (secondary N) is 1. The largest absolute Gasteiger partial charge is 0.508 e. The van der Waals surface area contributed by atoms with E-state index in [1.165, 1.54) is 0 Å². The van der Waals surface area contributed by atoms with E-state index in [-0.39, 0.29) is 12.3 Å². The molecule has 0 spiro atoms. The summed E-state index contributed by atoms with van der Waals surface area (Å²) in [4.78, 5) is 0. The molecular weight excluding hydrogens is 278 g/mol. The van der Waals surface area contributed by atoms with Gasteiger partial charge in [0.05, 0.1) is 12.7 Å². The van der Waals surface area contributed by atoms with Gasteiger partial charge < -0.3 is 36.0 Å². The maximum atomic E-state index is 9.67. The Morgan fingerprint density at radius 1 is 0.905 bits per heavy atom. The molecule has 0 aliphatic heterocycles. The van der Waals surface area contributed by atoms with E-state index in [1.54, 1.807) is 24.3 Å². The van der Waals surface area contributed by atoms with Crippen molar-refractivity contribution in [2.75, 3.05) is 19.7 Å². The van der Waals surface area contributed by atoms with E-state index in [1.807, 2.05) is 0 Å². The van der Waals surface area contributed by atoms with Crippen LogP contribution in [0, 0.1) is 0 Å². The third-order valence-corrected chi connectivity index (χ3v) is 3.21. The molecular formula is C14H23NO6. The summed E-state index contributed by atoms with van der Waals surface area (Å²) >= 11 is 0. The van der Waals surface area contributed by atoms with Crippen LogP contribution in [0.5, 0.6) is 5.75 Å². The van der Waals surface area contributed by atoms with Gasteiger partial charge in [0.2, 0.25) is 0 Å². The van der Waals surface area contributed by atoms with Crippen LogP contribution in [0.25, 0.3) is 0 Å². The normalized spacial score (nSPS) is 17.2. The van der Waals surface area contributed by atoms with Gasteiger partial charge in [-0.15, -0.1) is 0 Å². The summed E-state index contributed by atoms with van der Waals surface area (Å²) in [5, 5.41) is 58.6. The molecule has 0 aromatic heterocycles. The molecule has 7 nitrogen and oxygen atoms in total. The number of phenolic OH excluding ortho intramolecular Hbond substituents is 1. The summed E-state index contributed by atoms with van der Waals surface area (Å²) in [6, 6.07) is 6.73. The van der Waals surface area contributed by atoms with E-state index >= 15 is 0 Å². The topological polar surface area (TPSA) is 133 Å². The predicted octanol–water partition coefficient (Wildman–Crippen LogP) is -2.04. The van der Waals surface area contributed by atoms with Crippen molar-refractivity contribution in [3.8, 4) is 5.75 Å². The number of aliphatic hydroxyl groups excluding tert-OH is 5. The minimum Gasteiger partial charge on any atom is -0.508 e. The summed E-state index contributed by atoms with van der Waals surface area (Å²) in [7, 11) is 0. The van der Waals surface area contributed by atoms with Crippen molar-refractivity contribution in [3.63, 3.8) is 0 Å². The van der Waals surface area contributed by atoms with Crippen LogP contribution < -0.4 is 5.32 Å². The fourth-order valence-corrected chi connectivity index (χ4v) is 1.83. The monoisotopic (exact) mass is 301 g/mol. The molecule has 7 heteroatoms. The van der Waals surface area contributed by atoms with Gasteiger partial charge in [0.15, 0.2) is 0 Å². The highest BCUT2D eigenvalue weighted by Gasteiger charge is 2.29. The standard InChI is InChI=1S/C14H23NO6/c16-8-12(19)14(21)13(20)11(18)7-15-6-5-9-1-3-10(17)4-2-9/h1-4,11-21H,5-8H2/t11-,12+,13+,14+/m0/s1. The van der Waals surface area contributed by atoms with Crippen molar-refractivity contribution in [3.05, 3.63) is 29.8 Å². The molecule has 0 aliphatic rings. The number of benzene rings is 1. The molecule has 21 heavy (non-hydrogen) atoms. The molecule has 7 N–H and O–H groups in total.